The molecule has 1 aliphatic rings. The summed E-state index contributed by atoms with van der Waals surface area (Å²) in [5, 5.41) is 9.04. The molecule has 2 rings (SSSR count). The van der Waals surface area contributed by atoms with E-state index in [4.69, 9.17) is 9.84 Å². The second-order valence-corrected chi connectivity index (χ2v) is 7.10. The molecular weight excluding hydrogens is 278 g/mol. The molecule has 0 spiro atoms. The first kappa shape index (κ1) is 15.3. The normalized spacial score (nSPS) is 15.8. The molecule has 0 saturated heterocycles. The van der Waals surface area contributed by atoms with Gasteiger partial charge in [0.2, 0.25) is 10.0 Å². The second-order valence-electron chi connectivity index (χ2n) is 5.21. The molecule has 20 heavy (non-hydrogen) atoms. The fourth-order valence-corrected chi connectivity index (χ4v) is 3.73. The third kappa shape index (κ3) is 3.50. The van der Waals surface area contributed by atoms with Crippen molar-refractivity contribution >= 4 is 10.0 Å². The summed E-state index contributed by atoms with van der Waals surface area (Å²) in [5.41, 5.74) is 0. The first-order valence-electron chi connectivity index (χ1n) is 6.84. The van der Waals surface area contributed by atoms with Crippen LogP contribution in [0.15, 0.2) is 29.2 Å². The molecular formula is C14H21NO4S. The highest BCUT2D eigenvalue weighted by Crippen LogP contribution is 2.32. The number of aliphatic hydroxyl groups excluding tert-OH is 1. The van der Waals surface area contributed by atoms with Crippen LogP contribution >= 0.6 is 0 Å². The van der Waals surface area contributed by atoms with Gasteiger partial charge in [-0.2, -0.15) is 4.31 Å². The summed E-state index contributed by atoms with van der Waals surface area (Å²) in [5.74, 6) is 0.652. The molecule has 112 valence electrons. The van der Waals surface area contributed by atoms with Gasteiger partial charge in [0.05, 0.1) is 17.6 Å². The van der Waals surface area contributed by atoms with Gasteiger partial charge in [0.1, 0.15) is 5.75 Å². The van der Waals surface area contributed by atoms with E-state index < -0.39 is 10.0 Å². The lowest BCUT2D eigenvalue weighted by Gasteiger charge is -2.21. The highest BCUT2D eigenvalue weighted by atomic mass is 32.2. The Bertz CT molecular complexity index is 535. The Morgan fingerprint density at radius 2 is 1.90 bits per heavy atom. The smallest absolute Gasteiger partial charge is 0.243 e. The number of ether oxygens (including phenoxy) is 1. The quantitative estimate of drug-likeness (QED) is 0.831. The van der Waals surface area contributed by atoms with E-state index in [0.29, 0.717) is 5.75 Å². The van der Waals surface area contributed by atoms with Crippen LogP contribution in [0.4, 0.5) is 0 Å². The highest BCUT2D eigenvalue weighted by Gasteiger charge is 2.37. The number of hydrogen-bond acceptors (Lipinski definition) is 4. The standard InChI is InChI=1S/C14H21NO4S/c1-11(2)19-13-5-7-14(8-6-13)20(17,18)15(9-10-16)12-3-4-12/h5-8,11-12,16H,3-4,9-10H2,1-2H3. The van der Waals surface area contributed by atoms with Crippen molar-refractivity contribution in [1.29, 1.82) is 0 Å². The Labute approximate surface area is 120 Å². The molecule has 0 amide bonds. The number of nitrogens with zero attached hydrogens (tertiary/aromatic N) is 1. The number of sulfonamides is 1. The van der Waals surface area contributed by atoms with Gasteiger partial charge >= 0.3 is 0 Å². The average Bonchev–Trinajstić information content (AvgIpc) is 3.20. The molecule has 0 heterocycles. The van der Waals surface area contributed by atoms with E-state index in [1.807, 2.05) is 13.8 Å². The molecule has 6 heteroatoms. The van der Waals surface area contributed by atoms with Gasteiger partial charge in [-0.05, 0) is 51.0 Å². The lowest BCUT2D eigenvalue weighted by molar-refractivity contribution is 0.242. The molecule has 1 N–H and O–H groups in total. The molecule has 5 nitrogen and oxygen atoms in total. The van der Waals surface area contributed by atoms with E-state index in [2.05, 4.69) is 0 Å². The zero-order valence-corrected chi connectivity index (χ0v) is 12.6. The molecule has 0 unspecified atom stereocenters. The summed E-state index contributed by atoms with van der Waals surface area (Å²) in [6.45, 7) is 3.82. The van der Waals surface area contributed by atoms with Crippen molar-refractivity contribution in [3.05, 3.63) is 24.3 Å². The maximum atomic E-state index is 12.5. The minimum absolute atomic E-state index is 0.0405. The first-order chi connectivity index (χ1) is 9.45. The van der Waals surface area contributed by atoms with Crippen LogP contribution in [0.1, 0.15) is 26.7 Å². The van der Waals surface area contributed by atoms with E-state index in [1.54, 1.807) is 24.3 Å². The van der Waals surface area contributed by atoms with Crippen molar-refractivity contribution in [2.45, 2.75) is 43.7 Å². The van der Waals surface area contributed by atoms with Crippen molar-refractivity contribution in [1.82, 2.24) is 4.31 Å². The molecule has 0 radical (unpaired) electrons. The van der Waals surface area contributed by atoms with E-state index in [0.717, 1.165) is 12.8 Å². The molecule has 1 saturated carbocycles. The summed E-state index contributed by atoms with van der Waals surface area (Å²) < 4.78 is 31.9. The van der Waals surface area contributed by atoms with Gasteiger partial charge in [-0.3, -0.25) is 0 Å². The largest absolute Gasteiger partial charge is 0.491 e. The number of hydrogen-bond donors (Lipinski definition) is 1. The topological polar surface area (TPSA) is 66.8 Å². The average molecular weight is 299 g/mol. The van der Waals surface area contributed by atoms with Crippen LogP contribution in [-0.2, 0) is 10.0 Å². The Morgan fingerprint density at radius 3 is 2.35 bits per heavy atom. The van der Waals surface area contributed by atoms with Crippen molar-refractivity contribution in [3.63, 3.8) is 0 Å². The van der Waals surface area contributed by atoms with Crippen molar-refractivity contribution < 1.29 is 18.3 Å². The molecule has 1 aliphatic carbocycles. The van der Waals surface area contributed by atoms with Gasteiger partial charge in [0, 0.05) is 12.6 Å². The van der Waals surface area contributed by atoms with Crippen molar-refractivity contribution in [2.75, 3.05) is 13.2 Å². The Morgan fingerprint density at radius 1 is 1.30 bits per heavy atom. The molecule has 1 aromatic carbocycles. The monoisotopic (exact) mass is 299 g/mol. The van der Waals surface area contributed by atoms with Gasteiger partial charge in [0.15, 0.2) is 0 Å². The summed E-state index contributed by atoms with van der Waals surface area (Å²) in [7, 11) is -3.53. The van der Waals surface area contributed by atoms with Gasteiger partial charge in [0.25, 0.3) is 0 Å². The molecule has 0 bridgehead atoms. The predicted octanol–water partition coefficient (Wildman–Crippen LogP) is 1.62. The van der Waals surface area contributed by atoms with Crippen molar-refractivity contribution in [3.8, 4) is 5.75 Å². The number of benzene rings is 1. The zero-order chi connectivity index (χ0) is 14.8. The molecule has 1 aromatic rings. The van der Waals surface area contributed by atoms with Gasteiger partial charge in [-0.25, -0.2) is 8.42 Å². The maximum Gasteiger partial charge on any atom is 0.243 e. The highest BCUT2D eigenvalue weighted by molar-refractivity contribution is 7.89. The van der Waals surface area contributed by atoms with Crippen LogP contribution in [-0.4, -0.2) is 43.1 Å². The number of rotatable bonds is 7. The Balaban J connectivity index is 2.20. The summed E-state index contributed by atoms with van der Waals surface area (Å²) in [6.07, 6.45) is 1.79. The lowest BCUT2D eigenvalue weighted by atomic mass is 10.3. The van der Waals surface area contributed by atoms with Crippen LogP contribution in [0.5, 0.6) is 5.75 Å². The summed E-state index contributed by atoms with van der Waals surface area (Å²) in [6, 6.07) is 6.48. The Hall–Kier alpha value is -1.11. The summed E-state index contributed by atoms with van der Waals surface area (Å²) >= 11 is 0. The minimum Gasteiger partial charge on any atom is -0.491 e. The van der Waals surface area contributed by atoms with Crippen LogP contribution in [0, 0.1) is 0 Å². The predicted molar refractivity (Wildman–Crippen MR) is 76.2 cm³/mol. The minimum atomic E-state index is -3.53. The fraction of sp³-hybridized carbons (Fsp3) is 0.571. The van der Waals surface area contributed by atoms with Gasteiger partial charge < -0.3 is 9.84 Å². The van der Waals surface area contributed by atoms with Crippen molar-refractivity contribution in [2.24, 2.45) is 0 Å². The first-order valence-corrected chi connectivity index (χ1v) is 8.28. The molecule has 0 aromatic heterocycles. The SMILES string of the molecule is CC(C)Oc1ccc(S(=O)(=O)N(CCO)C2CC2)cc1. The fourth-order valence-electron chi connectivity index (χ4n) is 2.06. The van der Waals surface area contributed by atoms with E-state index in [9.17, 15) is 8.42 Å². The molecule has 0 aliphatic heterocycles. The van der Waals surface area contributed by atoms with Crippen LogP contribution in [0.2, 0.25) is 0 Å². The zero-order valence-electron chi connectivity index (χ0n) is 11.8. The van der Waals surface area contributed by atoms with E-state index >= 15 is 0 Å². The van der Waals surface area contributed by atoms with Gasteiger partial charge in [-0.1, -0.05) is 0 Å². The van der Waals surface area contributed by atoms with Gasteiger partial charge in [-0.15, -0.1) is 0 Å². The molecule has 1 fully saturated rings. The van der Waals surface area contributed by atoms with Crippen LogP contribution in [0.3, 0.4) is 0 Å². The molecule has 0 atom stereocenters. The van der Waals surface area contributed by atoms with Crippen LogP contribution < -0.4 is 4.74 Å². The third-order valence-corrected chi connectivity index (χ3v) is 5.04. The van der Waals surface area contributed by atoms with E-state index in [1.165, 1.54) is 4.31 Å². The maximum absolute atomic E-state index is 12.5. The number of aliphatic hydroxyl groups is 1. The Kier molecular flexibility index (Phi) is 4.67. The lowest BCUT2D eigenvalue weighted by Crippen LogP contribution is -2.35. The third-order valence-electron chi connectivity index (χ3n) is 3.08. The summed E-state index contributed by atoms with van der Waals surface area (Å²) in [4.78, 5) is 0.244. The van der Waals surface area contributed by atoms with Crippen LogP contribution in [0.25, 0.3) is 0 Å². The second kappa shape index (κ2) is 6.11. The van der Waals surface area contributed by atoms with E-state index in [-0.39, 0.29) is 30.2 Å².